The van der Waals surface area contributed by atoms with Crippen LogP contribution in [0.25, 0.3) is 0 Å². The van der Waals surface area contributed by atoms with E-state index < -0.39 is 21.8 Å². The zero-order chi connectivity index (χ0) is 13.5. The largest absolute Gasteiger partial charge is 0.485 e. The first-order chi connectivity index (χ1) is 8.07. The lowest BCUT2D eigenvalue weighted by molar-refractivity contribution is -0.0494. The fraction of sp³-hybridized carbons (Fsp3) is 0.600. The summed E-state index contributed by atoms with van der Waals surface area (Å²) in [6, 6.07) is 0. The van der Waals surface area contributed by atoms with E-state index in [1.165, 1.54) is 0 Å². The van der Waals surface area contributed by atoms with E-state index in [0.717, 1.165) is 0 Å². The third-order valence-electron chi connectivity index (χ3n) is 2.83. The summed E-state index contributed by atoms with van der Waals surface area (Å²) in [6.45, 7) is 7.71. The maximum atomic E-state index is 5.52. The third-order valence-corrected chi connectivity index (χ3v) is 15.1. The summed E-state index contributed by atoms with van der Waals surface area (Å²) in [5.74, 6) is -0.510. The molecule has 0 amide bonds. The van der Waals surface area contributed by atoms with Crippen molar-refractivity contribution in [2.45, 2.75) is 5.91 Å². The summed E-state index contributed by atoms with van der Waals surface area (Å²) < 4.78 is 27.3. The Hall–Kier alpha value is -0.286. The molecule has 0 saturated carbocycles. The molecule has 0 atom stereocenters. The summed E-state index contributed by atoms with van der Waals surface area (Å²) in [7, 11) is 2.23. The first kappa shape index (κ1) is 16.7. The van der Waals surface area contributed by atoms with Gasteiger partial charge in [0.2, 0.25) is 0 Å². The Morgan fingerprint density at radius 2 is 1.18 bits per heavy atom. The van der Waals surface area contributed by atoms with E-state index in [0.29, 0.717) is 0 Å². The zero-order valence-electron chi connectivity index (χ0n) is 11.2. The van der Waals surface area contributed by atoms with Crippen LogP contribution in [0.15, 0.2) is 24.6 Å². The summed E-state index contributed by atoms with van der Waals surface area (Å²) in [4.78, 5) is 0. The van der Waals surface area contributed by atoms with Crippen LogP contribution in [0, 0.1) is 0 Å². The lowest BCUT2D eigenvalue weighted by atomic mass is 11.2. The van der Waals surface area contributed by atoms with E-state index >= 15 is 0 Å². The molecule has 17 heavy (non-hydrogen) atoms. The second kappa shape index (κ2) is 7.22. The predicted octanol–water partition coefficient (Wildman–Crippen LogP) is 1.00. The third kappa shape index (κ3) is 2.60. The molecule has 0 aliphatic rings. The maximum absolute atomic E-state index is 5.52. The normalized spacial score (nSPS) is 12.8. The highest BCUT2D eigenvalue weighted by Gasteiger charge is 2.64. The van der Waals surface area contributed by atoms with Gasteiger partial charge in [-0.25, -0.2) is 0 Å². The maximum Gasteiger partial charge on any atom is 0.485 e. The fourth-order valence-corrected chi connectivity index (χ4v) is 11.9. The van der Waals surface area contributed by atoms with Crippen molar-refractivity contribution in [3.05, 3.63) is 24.6 Å². The van der Waals surface area contributed by atoms with Gasteiger partial charge in [-0.1, -0.05) is 11.4 Å². The molecule has 7 heteroatoms. The molecular formula is C10H22O5Si2. The first-order valence-corrected chi connectivity index (χ1v) is 10.0. The van der Waals surface area contributed by atoms with Crippen LogP contribution < -0.4 is 0 Å². The topological polar surface area (TPSA) is 46.2 Å². The van der Waals surface area contributed by atoms with Gasteiger partial charge in [0.15, 0.2) is 5.91 Å². The standard InChI is InChI=1S/C10H22O5Si2/c1-8-16(9-2,10(11-3)12-4)17(13-5,14-6)15-7/h8-10H,1-2H2,3-7H3. The monoisotopic (exact) mass is 278 g/mol. The van der Waals surface area contributed by atoms with E-state index in [4.69, 9.17) is 22.8 Å². The minimum absolute atomic E-state index is 0.510. The number of methoxy groups -OCH3 is 2. The molecule has 5 nitrogen and oxygen atoms in total. The lowest BCUT2D eigenvalue weighted by Gasteiger charge is -2.40. The van der Waals surface area contributed by atoms with Crippen LogP contribution >= 0.6 is 0 Å². The molecule has 0 heterocycles. The van der Waals surface area contributed by atoms with Gasteiger partial charge in [0, 0.05) is 35.5 Å². The molecule has 0 aromatic carbocycles. The van der Waals surface area contributed by atoms with Crippen molar-refractivity contribution < 1.29 is 22.8 Å². The van der Waals surface area contributed by atoms with Crippen LogP contribution in [-0.4, -0.2) is 57.4 Å². The molecule has 0 aromatic rings. The highest BCUT2D eigenvalue weighted by atomic mass is 29.3. The van der Waals surface area contributed by atoms with Gasteiger partial charge in [-0.05, 0) is 0 Å². The molecule has 0 aliphatic heterocycles. The van der Waals surface area contributed by atoms with Gasteiger partial charge in [0.1, 0.15) is 0 Å². The molecule has 0 unspecified atom stereocenters. The minimum Gasteiger partial charge on any atom is -0.379 e. The molecule has 0 aromatic heterocycles. The van der Waals surface area contributed by atoms with Gasteiger partial charge in [-0.15, -0.1) is 13.2 Å². The zero-order valence-corrected chi connectivity index (χ0v) is 13.2. The van der Waals surface area contributed by atoms with E-state index in [1.807, 2.05) is 0 Å². The Labute approximate surface area is 105 Å². The molecule has 0 saturated heterocycles. The van der Waals surface area contributed by atoms with Gasteiger partial charge >= 0.3 is 8.32 Å². The Kier molecular flexibility index (Phi) is 7.09. The van der Waals surface area contributed by atoms with Gasteiger partial charge in [-0.2, -0.15) is 0 Å². The van der Waals surface area contributed by atoms with Gasteiger partial charge in [0.25, 0.3) is 7.59 Å². The Morgan fingerprint density at radius 3 is 1.35 bits per heavy atom. The van der Waals surface area contributed by atoms with Crippen molar-refractivity contribution in [2.24, 2.45) is 0 Å². The van der Waals surface area contributed by atoms with Crippen molar-refractivity contribution in [3.63, 3.8) is 0 Å². The van der Waals surface area contributed by atoms with Gasteiger partial charge < -0.3 is 22.8 Å². The highest BCUT2D eigenvalue weighted by molar-refractivity contribution is 7.39. The number of ether oxygens (including phenoxy) is 2. The fourth-order valence-electron chi connectivity index (χ4n) is 1.94. The summed E-state index contributed by atoms with van der Waals surface area (Å²) in [5.41, 5.74) is 3.53. The Bertz CT molecular complexity index is 235. The second-order valence-corrected chi connectivity index (χ2v) is 13.2. The molecule has 0 bridgehead atoms. The average Bonchev–Trinajstić information content (AvgIpc) is 2.40. The van der Waals surface area contributed by atoms with Crippen molar-refractivity contribution in [3.8, 4) is 0 Å². The second-order valence-electron chi connectivity index (χ2n) is 3.31. The van der Waals surface area contributed by atoms with Crippen LogP contribution in [0.3, 0.4) is 0 Å². The molecule has 0 spiro atoms. The first-order valence-electron chi connectivity index (χ1n) is 5.06. The molecule has 0 aliphatic carbocycles. The number of hydrogen-bond donors (Lipinski definition) is 0. The molecular weight excluding hydrogens is 256 g/mol. The van der Waals surface area contributed by atoms with E-state index in [-0.39, 0.29) is 0 Å². The number of rotatable bonds is 9. The molecule has 0 N–H and O–H groups in total. The SMILES string of the molecule is C=C[Si](C=C)(C(OC)OC)[Si](OC)(OC)OC. The average molecular weight is 278 g/mol. The lowest BCUT2D eigenvalue weighted by Crippen LogP contribution is -2.72. The Morgan fingerprint density at radius 1 is 0.824 bits per heavy atom. The molecule has 100 valence electrons. The van der Waals surface area contributed by atoms with E-state index in [1.54, 1.807) is 46.9 Å². The van der Waals surface area contributed by atoms with Gasteiger partial charge in [-0.3, -0.25) is 0 Å². The summed E-state index contributed by atoms with van der Waals surface area (Å²) >= 11 is 0. The van der Waals surface area contributed by atoms with Crippen molar-refractivity contribution in [1.29, 1.82) is 0 Å². The molecule has 0 fully saturated rings. The van der Waals surface area contributed by atoms with Crippen LogP contribution in [0.4, 0.5) is 0 Å². The molecule has 0 rings (SSSR count). The number of hydrogen-bond acceptors (Lipinski definition) is 5. The van der Waals surface area contributed by atoms with Gasteiger partial charge in [0.05, 0.1) is 0 Å². The van der Waals surface area contributed by atoms with E-state index in [2.05, 4.69) is 13.2 Å². The molecule has 0 radical (unpaired) electrons. The van der Waals surface area contributed by atoms with Crippen LogP contribution in [0.5, 0.6) is 0 Å². The van der Waals surface area contributed by atoms with Crippen LogP contribution in [0.2, 0.25) is 0 Å². The summed E-state index contributed by atoms with van der Waals surface area (Å²) in [6.07, 6.45) is 0. The summed E-state index contributed by atoms with van der Waals surface area (Å²) in [5, 5.41) is 0. The van der Waals surface area contributed by atoms with Crippen molar-refractivity contribution >= 4 is 15.9 Å². The predicted molar refractivity (Wildman–Crippen MR) is 70.7 cm³/mol. The van der Waals surface area contributed by atoms with Crippen molar-refractivity contribution in [2.75, 3.05) is 35.5 Å². The smallest absolute Gasteiger partial charge is 0.379 e. The van der Waals surface area contributed by atoms with Crippen LogP contribution in [0.1, 0.15) is 0 Å². The van der Waals surface area contributed by atoms with Crippen LogP contribution in [-0.2, 0) is 22.8 Å². The van der Waals surface area contributed by atoms with E-state index in [9.17, 15) is 0 Å². The highest BCUT2D eigenvalue weighted by Crippen LogP contribution is 2.28. The Balaban J connectivity index is 5.73. The quantitative estimate of drug-likeness (QED) is 0.465. The van der Waals surface area contributed by atoms with Crippen molar-refractivity contribution in [1.82, 2.24) is 0 Å². The minimum atomic E-state index is -2.95.